The third-order valence-corrected chi connectivity index (χ3v) is 3.16. The SMILES string of the molecule is CC(C)CCC(=O)NCCc1cccs1. The van der Waals surface area contributed by atoms with Crippen molar-refractivity contribution in [1.29, 1.82) is 0 Å². The third-order valence-electron chi connectivity index (χ3n) is 2.22. The van der Waals surface area contributed by atoms with Gasteiger partial charge in [0.2, 0.25) is 5.91 Å². The Bertz CT molecular complexity index is 280. The monoisotopic (exact) mass is 225 g/mol. The van der Waals surface area contributed by atoms with Crippen molar-refractivity contribution in [2.75, 3.05) is 6.54 Å². The molecule has 0 fully saturated rings. The van der Waals surface area contributed by atoms with Gasteiger partial charge in [-0.1, -0.05) is 19.9 Å². The highest BCUT2D eigenvalue weighted by atomic mass is 32.1. The van der Waals surface area contributed by atoms with Gasteiger partial charge in [0.25, 0.3) is 0 Å². The Morgan fingerprint density at radius 1 is 1.53 bits per heavy atom. The topological polar surface area (TPSA) is 29.1 Å². The average Bonchev–Trinajstić information content (AvgIpc) is 2.67. The van der Waals surface area contributed by atoms with Gasteiger partial charge in [-0.2, -0.15) is 0 Å². The normalized spacial score (nSPS) is 10.6. The molecule has 2 nitrogen and oxygen atoms in total. The number of rotatable bonds is 6. The van der Waals surface area contributed by atoms with Crippen LogP contribution in [0.1, 0.15) is 31.6 Å². The number of nitrogens with one attached hydrogen (secondary N) is 1. The maximum atomic E-state index is 11.4. The summed E-state index contributed by atoms with van der Waals surface area (Å²) in [6, 6.07) is 4.14. The van der Waals surface area contributed by atoms with Crippen LogP contribution in [-0.4, -0.2) is 12.5 Å². The lowest BCUT2D eigenvalue weighted by molar-refractivity contribution is -0.121. The minimum atomic E-state index is 0.181. The second-order valence-corrected chi connectivity index (χ2v) is 5.14. The quantitative estimate of drug-likeness (QED) is 0.792. The number of carbonyl (C=O) groups excluding carboxylic acids is 1. The maximum Gasteiger partial charge on any atom is 0.220 e. The van der Waals surface area contributed by atoms with E-state index in [1.54, 1.807) is 11.3 Å². The number of carbonyl (C=O) groups is 1. The van der Waals surface area contributed by atoms with Crippen molar-refractivity contribution in [3.63, 3.8) is 0 Å². The zero-order valence-corrected chi connectivity index (χ0v) is 10.3. The van der Waals surface area contributed by atoms with Crippen molar-refractivity contribution in [2.24, 2.45) is 5.92 Å². The number of hydrogen-bond donors (Lipinski definition) is 1. The van der Waals surface area contributed by atoms with E-state index < -0.39 is 0 Å². The Morgan fingerprint density at radius 2 is 2.33 bits per heavy atom. The molecule has 0 atom stereocenters. The van der Waals surface area contributed by atoms with Crippen LogP contribution in [0.5, 0.6) is 0 Å². The molecule has 0 aromatic carbocycles. The minimum absolute atomic E-state index is 0.181. The van der Waals surface area contributed by atoms with Gasteiger partial charge in [-0.05, 0) is 30.2 Å². The van der Waals surface area contributed by atoms with E-state index in [9.17, 15) is 4.79 Å². The second-order valence-electron chi connectivity index (χ2n) is 4.11. The summed E-state index contributed by atoms with van der Waals surface area (Å²) < 4.78 is 0. The van der Waals surface area contributed by atoms with E-state index in [-0.39, 0.29) is 5.91 Å². The van der Waals surface area contributed by atoms with Crippen LogP contribution in [0.2, 0.25) is 0 Å². The maximum absolute atomic E-state index is 11.4. The molecule has 1 rings (SSSR count). The molecule has 0 spiro atoms. The number of amides is 1. The molecule has 0 aliphatic rings. The lowest BCUT2D eigenvalue weighted by Gasteiger charge is -2.05. The fourth-order valence-electron chi connectivity index (χ4n) is 1.29. The molecule has 0 unspecified atom stereocenters. The Morgan fingerprint density at radius 3 is 2.93 bits per heavy atom. The summed E-state index contributed by atoms with van der Waals surface area (Å²) in [5.74, 6) is 0.785. The molecule has 1 heterocycles. The van der Waals surface area contributed by atoms with Gasteiger partial charge >= 0.3 is 0 Å². The van der Waals surface area contributed by atoms with Crippen LogP contribution in [0.15, 0.2) is 17.5 Å². The van der Waals surface area contributed by atoms with Crippen LogP contribution in [-0.2, 0) is 11.2 Å². The van der Waals surface area contributed by atoms with Crippen molar-refractivity contribution in [3.8, 4) is 0 Å². The molecule has 0 aliphatic carbocycles. The van der Waals surface area contributed by atoms with Gasteiger partial charge < -0.3 is 5.32 Å². The Kier molecular flexibility index (Phi) is 5.40. The predicted octanol–water partition coefficient (Wildman–Crippen LogP) is 2.84. The molecular weight excluding hydrogens is 206 g/mol. The first-order chi connectivity index (χ1) is 7.18. The van der Waals surface area contributed by atoms with Crippen LogP contribution in [0, 0.1) is 5.92 Å². The van der Waals surface area contributed by atoms with Crippen molar-refractivity contribution in [2.45, 2.75) is 33.1 Å². The van der Waals surface area contributed by atoms with E-state index >= 15 is 0 Å². The van der Waals surface area contributed by atoms with Crippen molar-refractivity contribution in [1.82, 2.24) is 5.32 Å². The largest absolute Gasteiger partial charge is 0.356 e. The summed E-state index contributed by atoms with van der Waals surface area (Å²) in [6.07, 6.45) is 2.58. The molecule has 0 saturated heterocycles. The van der Waals surface area contributed by atoms with Gasteiger partial charge in [-0.3, -0.25) is 4.79 Å². The Labute approximate surface area is 95.7 Å². The lowest BCUT2D eigenvalue weighted by Crippen LogP contribution is -2.25. The third kappa shape index (κ3) is 5.57. The van der Waals surface area contributed by atoms with Gasteiger partial charge in [0.15, 0.2) is 0 Å². The van der Waals surface area contributed by atoms with E-state index in [0.29, 0.717) is 12.3 Å². The molecule has 1 N–H and O–H groups in total. The van der Waals surface area contributed by atoms with E-state index in [1.807, 2.05) is 6.07 Å². The highest BCUT2D eigenvalue weighted by Crippen LogP contribution is 2.08. The fourth-order valence-corrected chi connectivity index (χ4v) is 2.00. The van der Waals surface area contributed by atoms with Crippen LogP contribution in [0.25, 0.3) is 0 Å². The zero-order valence-electron chi connectivity index (χ0n) is 9.45. The van der Waals surface area contributed by atoms with Gasteiger partial charge in [0, 0.05) is 17.8 Å². The smallest absolute Gasteiger partial charge is 0.220 e. The van der Waals surface area contributed by atoms with Crippen LogP contribution in [0.3, 0.4) is 0 Å². The molecule has 0 bridgehead atoms. The van der Waals surface area contributed by atoms with E-state index in [2.05, 4.69) is 30.6 Å². The van der Waals surface area contributed by atoms with Crippen molar-refractivity contribution < 1.29 is 4.79 Å². The van der Waals surface area contributed by atoms with Crippen molar-refractivity contribution in [3.05, 3.63) is 22.4 Å². The molecule has 84 valence electrons. The first-order valence-electron chi connectivity index (χ1n) is 5.47. The number of hydrogen-bond acceptors (Lipinski definition) is 2. The molecule has 1 amide bonds. The minimum Gasteiger partial charge on any atom is -0.356 e. The van der Waals surface area contributed by atoms with Crippen LogP contribution in [0.4, 0.5) is 0 Å². The van der Waals surface area contributed by atoms with Gasteiger partial charge in [-0.15, -0.1) is 11.3 Å². The average molecular weight is 225 g/mol. The molecule has 1 aromatic rings. The summed E-state index contributed by atoms with van der Waals surface area (Å²) in [5.41, 5.74) is 0. The zero-order chi connectivity index (χ0) is 11.1. The summed E-state index contributed by atoms with van der Waals surface area (Å²) in [4.78, 5) is 12.7. The summed E-state index contributed by atoms with van der Waals surface area (Å²) in [5, 5.41) is 5.01. The van der Waals surface area contributed by atoms with E-state index in [0.717, 1.165) is 19.4 Å². The molecule has 1 aromatic heterocycles. The number of thiophene rings is 1. The highest BCUT2D eigenvalue weighted by Gasteiger charge is 2.02. The first kappa shape index (κ1) is 12.2. The lowest BCUT2D eigenvalue weighted by atomic mass is 10.1. The molecule has 15 heavy (non-hydrogen) atoms. The molecule has 0 radical (unpaired) electrons. The Balaban J connectivity index is 2.07. The second kappa shape index (κ2) is 6.62. The standard InChI is InChI=1S/C12H19NOS/c1-10(2)5-6-12(14)13-8-7-11-4-3-9-15-11/h3-4,9-10H,5-8H2,1-2H3,(H,13,14). The van der Waals surface area contributed by atoms with Gasteiger partial charge in [0.05, 0.1) is 0 Å². The molecular formula is C12H19NOS. The summed E-state index contributed by atoms with van der Waals surface area (Å²) in [7, 11) is 0. The summed E-state index contributed by atoms with van der Waals surface area (Å²) >= 11 is 1.74. The van der Waals surface area contributed by atoms with Gasteiger partial charge in [-0.25, -0.2) is 0 Å². The highest BCUT2D eigenvalue weighted by molar-refractivity contribution is 7.09. The van der Waals surface area contributed by atoms with E-state index in [4.69, 9.17) is 0 Å². The van der Waals surface area contributed by atoms with Gasteiger partial charge in [0.1, 0.15) is 0 Å². The molecule has 3 heteroatoms. The first-order valence-corrected chi connectivity index (χ1v) is 6.35. The predicted molar refractivity (Wildman–Crippen MR) is 65.1 cm³/mol. The van der Waals surface area contributed by atoms with Crippen LogP contribution >= 0.6 is 11.3 Å². The van der Waals surface area contributed by atoms with Crippen molar-refractivity contribution >= 4 is 17.2 Å². The summed E-state index contributed by atoms with van der Waals surface area (Å²) in [6.45, 7) is 5.04. The van der Waals surface area contributed by atoms with E-state index in [1.165, 1.54) is 4.88 Å². The molecule has 0 saturated carbocycles. The Hall–Kier alpha value is -0.830. The fraction of sp³-hybridized carbons (Fsp3) is 0.583. The van der Waals surface area contributed by atoms with Crippen LogP contribution < -0.4 is 5.32 Å². The molecule has 0 aliphatic heterocycles.